The molecular formula is C8H8Br2F2N2. The fourth-order valence-electron chi connectivity index (χ4n) is 1.02. The van der Waals surface area contributed by atoms with Gasteiger partial charge in [0.2, 0.25) is 0 Å². The van der Waals surface area contributed by atoms with Crippen molar-refractivity contribution in [1.82, 2.24) is 0 Å². The van der Waals surface area contributed by atoms with E-state index in [1.807, 2.05) is 0 Å². The van der Waals surface area contributed by atoms with Gasteiger partial charge in [-0.2, -0.15) is 0 Å². The Hall–Kier alpha value is -0.200. The summed E-state index contributed by atoms with van der Waals surface area (Å²) in [6.07, 6.45) is -2.63. The molecule has 0 saturated heterocycles. The lowest BCUT2D eigenvalue weighted by Crippen LogP contribution is -2.20. The van der Waals surface area contributed by atoms with Crippen LogP contribution in [0.2, 0.25) is 0 Å². The standard InChI is InChI=1S/C8H8Br2F2N2/c9-3-1-4(7(14)8(11)12)6(13)5(10)2-3/h1-2,7-8H,13-14H2/t7-/m0/s1. The van der Waals surface area contributed by atoms with Crippen molar-refractivity contribution in [3.8, 4) is 0 Å². The fraction of sp³-hybridized carbons (Fsp3) is 0.250. The van der Waals surface area contributed by atoms with Gasteiger partial charge in [-0.1, -0.05) is 15.9 Å². The first-order chi connectivity index (χ1) is 6.43. The van der Waals surface area contributed by atoms with Crippen LogP contribution in [0.5, 0.6) is 0 Å². The van der Waals surface area contributed by atoms with Crippen LogP contribution in [0, 0.1) is 0 Å². The number of rotatable bonds is 2. The predicted molar refractivity (Wildman–Crippen MR) is 59.2 cm³/mol. The second kappa shape index (κ2) is 4.55. The van der Waals surface area contributed by atoms with Gasteiger partial charge in [-0.15, -0.1) is 0 Å². The molecule has 0 aromatic heterocycles. The summed E-state index contributed by atoms with van der Waals surface area (Å²) in [5.74, 6) is 0. The maximum atomic E-state index is 12.3. The third-order valence-corrected chi connectivity index (χ3v) is 2.87. The number of hydrogen-bond donors (Lipinski definition) is 2. The fourth-order valence-corrected chi connectivity index (χ4v) is 2.27. The van der Waals surface area contributed by atoms with Crippen LogP contribution in [-0.2, 0) is 0 Å². The molecule has 1 atom stereocenters. The summed E-state index contributed by atoms with van der Waals surface area (Å²) in [6, 6.07) is 1.82. The normalized spacial score (nSPS) is 13.3. The molecule has 14 heavy (non-hydrogen) atoms. The Labute approximate surface area is 96.9 Å². The van der Waals surface area contributed by atoms with Crippen LogP contribution in [0.25, 0.3) is 0 Å². The minimum Gasteiger partial charge on any atom is -0.398 e. The summed E-state index contributed by atoms with van der Waals surface area (Å²) in [4.78, 5) is 0. The van der Waals surface area contributed by atoms with E-state index in [9.17, 15) is 8.78 Å². The molecule has 78 valence electrons. The van der Waals surface area contributed by atoms with Gasteiger partial charge in [0, 0.05) is 8.95 Å². The number of alkyl halides is 2. The zero-order valence-electron chi connectivity index (χ0n) is 6.98. The van der Waals surface area contributed by atoms with E-state index in [0.29, 0.717) is 8.95 Å². The van der Waals surface area contributed by atoms with E-state index in [1.165, 1.54) is 6.07 Å². The molecule has 0 aliphatic rings. The summed E-state index contributed by atoms with van der Waals surface area (Å²) in [5.41, 5.74) is 11.4. The monoisotopic (exact) mass is 328 g/mol. The first-order valence-corrected chi connectivity index (χ1v) is 5.30. The Balaban J connectivity index is 3.20. The summed E-state index contributed by atoms with van der Waals surface area (Å²) in [5, 5.41) is 0. The first kappa shape index (κ1) is 11.9. The Morgan fingerprint density at radius 3 is 2.29 bits per heavy atom. The van der Waals surface area contributed by atoms with Crippen molar-refractivity contribution in [1.29, 1.82) is 0 Å². The van der Waals surface area contributed by atoms with Crippen LogP contribution < -0.4 is 11.5 Å². The van der Waals surface area contributed by atoms with E-state index < -0.39 is 12.5 Å². The van der Waals surface area contributed by atoms with E-state index in [-0.39, 0.29) is 11.3 Å². The average molecular weight is 330 g/mol. The average Bonchev–Trinajstić information content (AvgIpc) is 2.09. The lowest BCUT2D eigenvalue weighted by Gasteiger charge is -2.14. The van der Waals surface area contributed by atoms with Gasteiger partial charge in [-0.05, 0) is 33.6 Å². The van der Waals surface area contributed by atoms with E-state index in [1.54, 1.807) is 6.07 Å². The summed E-state index contributed by atoms with van der Waals surface area (Å²) >= 11 is 6.34. The summed E-state index contributed by atoms with van der Waals surface area (Å²) in [6.45, 7) is 0. The first-order valence-electron chi connectivity index (χ1n) is 3.71. The topological polar surface area (TPSA) is 52.0 Å². The lowest BCUT2D eigenvalue weighted by molar-refractivity contribution is 0.116. The highest BCUT2D eigenvalue weighted by molar-refractivity contribution is 9.11. The Morgan fingerprint density at radius 2 is 1.79 bits per heavy atom. The third kappa shape index (κ3) is 2.43. The van der Waals surface area contributed by atoms with E-state index in [2.05, 4.69) is 31.9 Å². The van der Waals surface area contributed by atoms with Crippen LogP contribution in [0.1, 0.15) is 11.6 Å². The smallest absolute Gasteiger partial charge is 0.257 e. The number of halogens is 4. The van der Waals surface area contributed by atoms with Crippen LogP contribution in [0.15, 0.2) is 21.1 Å². The van der Waals surface area contributed by atoms with Crippen molar-refractivity contribution < 1.29 is 8.78 Å². The Morgan fingerprint density at radius 1 is 1.21 bits per heavy atom. The number of nitrogens with two attached hydrogens (primary N) is 2. The number of anilines is 1. The molecule has 0 radical (unpaired) electrons. The number of benzene rings is 1. The van der Waals surface area contributed by atoms with Gasteiger partial charge in [-0.3, -0.25) is 0 Å². The Kier molecular flexibility index (Phi) is 3.86. The van der Waals surface area contributed by atoms with Crippen molar-refractivity contribution in [3.05, 3.63) is 26.6 Å². The van der Waals surface area contributed by atoms with Crippen molar-refractivity contribution in [3.63, 3.8) is 0 Å². The van der Waals surface area contributed by atoms with Crippen LogP contribution >= 0.6 is 31.9 Å². The van der Waals surface area contributed by atoms with Gasteiger partial charge < -0.3 is 11.5 Å². The van der Waals surface area contributed by atoms with E-state index in [0.717, 1.165) is 0 Å². The van der Waals surface area contributed by atoms with Gasteiger partial charge in [0.25, 0.3) is 6.43 Å². The van der Waals surface area contributed by atoms with Crippen LogP contribution in [0.3, 0.4) is 0 Å². The van der Waals surface area contributed by atoms with Crippen LogP contribution in [0.4, 0.5) is 14.5 Å². The maximum Gasteiger partial charge on any atom is 0.257 e. The van der Waals surface area contributed by atoms with Gasteiger partial charge in [-0.25, -0.2) is 8.78 Å². The molecule has 2 nitrogen and oxygen atoms in total. The van der Waals surface area contributed by atoms with Gasteiger partial charge in [0.1, 0.15) is 0 Å². The van der Waals surface area contributed by atoms with E-state index in [4.69, 9.17) is 11.5 Å². The number of hydrogen-bond acceptors (Lipinski definition) is 2. The van der Waals surface area contributed by atoms with Crippen molar-refractivity contribution in [2.45, 2.75) is 12.5 Å². The minimum absolute atomic E-state index is 0.237. The predicted octanol–water partition coefficient (Wildman–Crippen LogP) is 3.06. The molecule has 0 aliphatic heterocycles. The van der Waals surface area contributed by atoms with Crippen LogP contribution in [-0.4, -0.2) is 6.43 Å². The van der Waals surface area contributed by atoms with E-state index >= 15 is 0 Å². The summed E-state index contributed by atoms with van der Waals surface area (Å²) in [7, 11) is 0. The second-order valence-electron chi connectivity index (χ2n) is 2.75. The highest BCUT2D eigenvalue weighted by atomic mass is 79.9. The molecule has 1 aromatic carbocycles. The van der Waals surface area contributed by atoms with Crippen molar-refractivity contribution >= 4 is 37.5 Å². The summed E-state index contributed by atoms with van der Waals surface area (Å²) < 4.78 is 25.9. The molecule has 0 unspecified atom stereocenters. The highest BCUT2D eigenvalue weighted by Gasteiger charge is 2.21. The van der Waals surface area contributed by atoms with Crippen molar-refractivity contribution in [2.75, 3.05) is 5.73 Å². The molecule has 4 N–H and O–H groups in total. The molecule has 0 saturated carbocycles. The molecule has 0 spiro atoms. The van der Waals surface area contributed by atoms with Gasteiger partial charge >= 0.3 is 0 Å². The molecule has 0 bridgehead atoms. The number of nitrogen functional groups attached to an aromatic ring is 1. The minimum atomic E-state index is -2.63. The SMILES string of the molecule is Nc1c(Br)cc(Br)cc1[C@H](N)C(F)F. The molecule has 0 fully saturated rings. The Bertz CT molecular complexity index is 344. The maximum absolute atomic E-state index is 12.3. The molecule has 6 heteroatoms. The van der Waals surface area contributed by atoms with Crippen molar-refractivity contribution in [2.24, 2.45) is 5.73 Å². The highest BCUT2D eigenvalue weighted by Crippen LogP contribution is 2.33. The van der Waals surface area contributed by atoms with Gasteiger partial charge in [0.05, 0.1) is 11.7 Å². The molecule has 0 aliphatic carbocycles. The third-order valence-electron chi connectivity index (χ3n) is 1.76. The van der Waals surface area contributed by atoms with Gasteiger partial charge in [0.15, 0.2) is 0 Å². The molecule has 0 amide bonds. The molecule has 1 rings (SSSR count). The lowest BCUT2D eigenvalue weighted by atomic mass is 10.1. The molecule has 1 aromatic rings. The zero-order chi connectivity index (χ0) is 10.9. The molecular weight excluding hydrogens is 322 g/mol. The quantitative estimate of drug-likeness (QED) is 0.819. The second-order valence-corrected chi connectivity index (χ2v) is 4.52. The zero-order valence-corrected chi connectivity index (χ0v) is 10.1. The largest absolute Gasteiger partial charge is 0.398 e. The molecule has 0 heterocycles.